The Bertz CT molecular complexity index is 632. The van der Waals surface area contributed by atoms with Crippen molar-refractivity contribution in [1.82, 2.24) is 4.57 Å². The summed E-state index contributed by atoms with van der Waals surface area (Å²) in [5.41, 5.74) is -0.111. The van der Waals surface area contributed by atoms with Crippen molar-refractivity contribution in [2.24, 2.45) is 0 Å². The van der Waals surface area contributed by atoms with Crippen LogP contribution in [0.1, 0.15) is 30.4 Å². The molecule has 0 aliphatic rings. The highest BCUT2D eigenvalue weighted by Gasteiger charge is 2.18. The molecule has 2 rings (SSSR count). The predicted octanol–water partition coefficient (Wildman–Crippen LogP) is 4.36. The highest BCUT2D eigenvalue weighted by Crippen LogP contribution is 2.22. The quantitative estimate of drug-likeness (QED) is 0.883. The van der Waals surface area contributed by atoms with E-state index in [2.05, 4.69) is 21.2 Å². The van der Waals surface area contributed by atoms with Crippen molar-refractivity contribution in [2.45, 2.75) is 19.9 Å². The number of amides is 1. The van der Waals surface area contributed by atoms with Crippen LogP contribution >= 0.6 is 15.9 Å². The molecule has 1 aromatic carbocycles. The molecule has 0 fully saturated rings. The van der Waals surface area contributed by atoms with Crippen molar-refractivity contribution in [3.05, 3.63) is 52.3 Å². The first-order valence-corrected chi connectivity index (χ1v) is 6.82. The minimum atomic E-state index is -0.805. The van der Waals surface area contributed by atoms with Crippen molar-refractivity contribution in [3.8, 4) is 0 Å². The molecular weight excluding hydrogens is 330 g/mol. The summed E-state index contributed by atoms with van der Waals surface area (Å²) in [5, 5.41) is 2.27. The molecule has 6 heteroatoms. The molecule has 1 amide bonds. The largest absolute Gasteiger partial charge is 0.340 e. The number of carbonyl (C=O) groups is 1. The van der Waals surface area contributed by atoms with Crippen LogP contribution in [-0.2, 0) is 0 Å². The summed E-state index contributed by atoms with van der Waals surface area (Å²) in [4.78, 5) is 12.2. The number of halogens is 3. The molecule has 0 aliphatic heterocycles. The van der Waals surface area contributed by atoms with Gasteiger partial charge in [-0.3, -0.25) is 4.79 Å². The van der Waals surface area contributed by atoms with Crippen LogP contribution in [0.3, 0.4) is 0 Å². The first kappa shape index (κ1) is 14.7. The maximum Gasteiger partial charge on any atom is 0.272 e. The van der Waals surface area contributed by atoms with Crippen molar-refractivity contribution < 1.29 is 13.6 Å². The molecule has 0 unspecified atom stereocenters. The Balaban J connectivity index is 2.34. The number of anilines is 1. The molecule has 3 nitrogen and oxygen atoms in total. The summed E-state index contributed by atoms with van der Waals surface area (Å²) < 4.78 is 29.5. The molecule has 0 atom stereocenters. The minimum absolute atomic E-state index is 0.0486. The highest BCUT2D eigenvalue weighted by molar-refractivity contribution is 9.10. The van der Waals surface area contributed by atoms with E-state index >= 15 is 0 Å². The number of nitrogens with one attached hydrogen (secondary N) is 1. The van der Waals surface area contributed by atoms with E-state index in [1.165, 1.54) is 6.07 Å². The third kappa shape index (κ3) is 2.90. The molecular formula is C14H13BrF2N2O. The fourth-order valence-corrected chi connectivity index (χ4v) is 2.29. The summed E-state index contributed by atoms with van der Waals surface area (Å²) in [7, 11) is 0. The molecule has 1 heterocycles. The van der Waals surface area contributed by atoms with Gasteiger partial charge in [-0.25, -0.2) is 8.78 Å². The lowest BCUT2D eigenvalue weighted by molar-refractivity contribution is 0.101. The molecule has 1 aromatic heterocycles. The number of nitrogens with zero attached hydrogens (tertiary/aromatic N) is 1. The van der Waals surface area contributed by atoms with Gasteiger partial charge in [0.2, 0.25) is 0 Å². The van der Waals surface area contributed by atoms with E-state index in [4.69, 9.17) is 0 Å². The van der Waals surface area contributed by atoms with Crippen molar-refractivity contribution in [2.75, 3.05) is 5.32 Å². The Kier molecular flexibility index (Phi) is 4.23. The average molecular weight is 343 g/mol. The van der Waals surface area contributed by atoms with Gasteiger partial charge in [0.1, 0.15) is 23.0 Å². The smallest absolute Gasteiger partial charge is 0.272 e. The zero-order valence-corrected chi connectivity index (χ0v) is 12.5. The molecule has 0 saturated carbocycles. The average Bonchev–Trinajstić information content (AvgIpc) is 2.76. The SMILES string of the molecule is CC(C)n1cc(Br)cc1C(=O)Nc1c(F)cccc1F. The van der Waals surface area contributed by atoms with Gasteiger partial charge in [-0.1, -0.05) is 6.07 Å². The van der Waals surface area contributed by atoms with Gasteiger partial charge < -0.3 is 9.88 Å². The number of hydrogen-bond acceptors (Lipinski definition) is 1. The molecule has 0 saturated heterocycles. The first-order valence-electron chi connectivity index (χ1n) is 6.03. The van der Waals surface area contributed by atoms with Crippen LogP contribution in [0.15, 0.2) is 34.9 Å². The van der Waals surface area contributed by atoms with E-state index < -0.39 is 23.2 Å². The van der Waals surface area contributed by atoms with Crippen molar-refractivity contribution >= 4 is 27.5 Å². The van der Waals surface area contributed by atoms with Gasteiger partial charge in [0.25, 0.3) is 5.91 Å². The van der Waals surface area contributed by atoms with Crippen LogP contribution in [0.25, 0.3) is 0 Å². The number of carbonyl (C=O) groups excluding carboxylic acids is 1. The van der Waals surface area contributed by atoms with E-state index in [0.717, 1.165) is 16.6 Å². The monoisotopic (exact) mass is 342 g/mol. The maximum atomic E-state index is 13.5. The van der Waals surface area contributed by atoms with Crippen molar-refractivity contribution in [3.63, 3.8) is 0 Å². The van der Waals surface area contributed by atoms with Gasteiger partial charge in [0.15, 0.2) is 0 Å². The Morgan fingerprint density at radius 3 is 2.45 bits per heavy atom. The highest BCUT2D eigenvalue weighted by atomic mass is 79.9. The van der Waals surface area contributed by atoms with Crippen LogP contribution < -0.4 is 5.32 Å². The Hall–Kier alpha value is -1.69. The number of para-hydroxylation sites is 1. The van der Waals surface area contributed by atoms with E-state index in [-0.39, 0.29) is 6.04 Å². The normalized spacial score (nSPS) is 10.9. The standard InChI is InChI=1S/C14H13BrF2N2O/c1-8(2)19-7-9(15)6-12(19)14(20)18-13-10(16)4-3-5-11(13)17/h3-8H,1-2H3,(H,18,20). The summed E-state index contributed by atoms with van der Waals surface area (Å²) >= 11 is 3.28. The number of benzene rings is 1. The summed E-state index contributed by atoms with van der Waals surface area (Å²) in [6.07, 6.45) is 1.75. The van der Waals surface area contributed by atoms with E-state index in [1.807, 2.05) is 13.8 Å². The van der Waals surface area contributed by atoms with Gasteiger partial charge in [-0.2, -0.15) is 0 Å². The second kappa shape index (κ2) is 5.75. The lowest BCUT2D eigenvalue weighted by Gasteiger charge is -2.13. The Labute approximate surface area is 123 Å². The molecule has 20 heavy (non-hydrogen) atoms. The zero-order chi connectivity index (χ0) is 14.9. The predicted molar refractivity (Wildman–Crippen MR) is 76.8 cm³/mol. The summed E-state index contributed by atoms with van der Waals surface area (Å²) in [6, 6.07) is 5.08. The van der Waals surface area contributed by atoms with Crippen LogP contribution in [0.2, 0.25) is 0 Å². The maximum absolute atomic E-state index is 13.5. The lowest BCUT2D eigenvalue weighted by atomic mass is 10.2. The number of aromatic nitrogens is 1. The van der Waals surface area contributed by atoms with Gasteiger partial charge in [-0.15, -0.1) is 0 Å². The van der Waals surface area contributed by atoms with Crippen LogP contribution in [0.4, 0.5) is 14.5 Å². The number of hydrogen-bond donors (Lipinski definition) is 1. The lowest BCUT2D eigenvalue weighted by Crippen LogP contribution is -2.19. The van der Waals surface area contributed by atoms with Gasteiger partial charge in [0, 0.05) is 16.7 Å². The van der Waals surface area contributed by atoms with E-state index in [1.54, 1.807) is 16.8 Å². The van der Waals surface area contributed by atoms with Crippen molar-refractivity contribution in [1.29, 1.82) is 0 Å². The van der Waals surface area contributed by atoms with E-state index in [9.17, 15) is 13.6 Å². The molecule has 0 bridgehead atoms. The first-order chi connectivity index (χ1) is 9.40. The second-order valence-electron chi connectivity index (χ2n) is 4.60. The molecule has 106 valence electrons. The molecule has 0 spiro atoms. The minimum Gasteiger partial charge on any atom is -0.340 e. The van der Waals surface area contributed by atoms with Crippen LogP contribution in [0, 0.1) is 11.6 Å². The van der Waals surface area contributed by atoms with Crippen LogP contribution in [-0.4, -0.2) is 10.5 Å². The van der Waals surface area contributed by atoms with Gasteiger partial charge in [0.05, 0.1) is 0 Å². The zero-order valence-electron chi connectivity index (χ0n) is 11.0. The summed E-state index contributed by atoms with van der Waals surface area (Å²) in [5.74, 6) is -2.17. The Morgan fingerprint density at radius 2 is 1.90 bits per heavy atom. The fourth-order valence-electron chi connectivity index (χ4n) is 1.85. The van der Waals surface area contributed by atoms with Gasteiger partial charge >= 0.3 is 0 Å². The van der Waals surface area contributed by atoms with Crippen LogP contribution in [0.5, 0.6) is 0 Å². The Morgan fingerprint density at radius 1 is 1.30 bits per heavy atom. The third-order valence-corrected chi connectivity index (χ3v) is 3.24. The third-order valence-electron chi connectivity index (χ3n) is 2.81. The number of rotatable bonds is 3. The summed E-state index contributed by atoms with van der Waals surface area (Å²) in [6.45, 7) is 3.82. The second-order valence-corrected chi connectivity index (χ2v) is 5.51. The topological polar surface area (TPSA) is 34.0 Å². The van der Waals surface area contributed by atoms with E-state index in [0.29, 0.717) is 5.69 Å². The van der Waals surface area contributed by atoms with Gasteiger partial charge in [-0.05, 0) is 48.0 Å². The molecule has 1 N–H and O–H groups in total. The molecule has 2 aromatic rings. The molecule has 0 radical (unpaired) electrons. The fraction of sp³-hybridized carbons (Fsp3) is 0.214. The molecule has 0 aliphatic carbocycles.